The molecule has 0 saturated carbocycles. The lowest BCUT2D eigenvalue weighted by atomic mass is 9.98. The predicted molar refractivity (Wildman–Crippen MR) is 141 cm³/mol. The quantitative estimate of drug-likeness (QED) is 0.165. The molecule has 2 unspecified atom stereocenters. The first-order valence-corrected chi connectivity index (χ1v) is 14.1. The molecule has 0 aliphatic carbocycles. The smallest absolute Gasteiger partial charge is 0.339 e. The van der Waals surface area contributed by atoms with Gasteiger partial charge in [0.25, 0.3) is 0 Å². The fraction of sp³-hybridized carbons (Fsp3) is 0.733. The highest BCUT2D eigenvalue weighted by atomic mass is 16.8. The minimum atomic E-state index is -1.19. The van der Waals surface area contributed by atoms with Gasteiger partial charge in [0, 0.05) is 12.0 Å². The van der Waals surface area contributed by atoms with Gasteiger partial charge in [-0.25, -0.2) is 9.59 Å². The second kappa shape index (κ2) is 16.0. The highest BCUT2D eigenvalue weighted by Gasteiger charge is 2.55. The van der Waals surface area contributed by atoms with Crippen molar-refractivity contribution in [2.24, 2.45) is 0 Å². The second-order valence-electron chi connectivity index (χ2n) is 10.5. The summed E-state index contributed by atoms with van der Waals surface area (Å²) in [6.45, 7) is 9.32. The molecule has 0 bridgehead atoms. The molecule has 0 amide bonds. The Balaban J connectivity index is 2.01. The van der Waals surface area contributed by atoms with Crippen LogP contribution in [0.5, 0.6) is 0 Å². The average Bonchev–Trinajstić information content (AvgIpc) is 3.24. The van der Waals surface area contributed by atoms with Crippen molar-refractivity contribution < 1.29 is 28.5 Å². The van der Waals surface area contributed by atoms with Crippen molar-refractivity contribution in [1.29, 1.82) is 0 Å². The van der Waals surface area contributed by atoms with Crippen LogP contribution in [0.25, 0.3) is 0 Å². The molecule has 36 heavy (non-hydrogen) atoms. The Hall–Kier alpha value is -1.92. The van der Waals surface area contributed by atoms with Gasteiger partial charge in [0.05, 0.1) is 12.2 Å². The Morgan fingerprint density at radius 2 is 1.14 bits per heavy atom. The molecule has 2 atom stereocenters. The lowest BCUT2D eigenvalue weighted by Crippen LogP contribution is -2.40. The van der Waals surface area contributed by atoms with Crippen molar-refractivity contribution in [1.82, 2.24) is 0 Å². The number of ether oxygens (including phenoxy) is 4. The maximum Gasteiger partial charge on any atom is 0.339 e. The first kappa shape index (κ1) is 30.3. The Bertz CT molecular complexity index is 730. The summed E-state index contributed by atoms with van der Waals surface area (Å²) < 4.78 is 23.4. The van der Waals surface area contributed by atoms with Crippen LogP contribution in [-0.2, 0) is 34.3 Å². The average molecular weight is 505 g/mol. The van der Waals surface area contributed by atoms with Crippen LogP contribution in [-0.4, -0.2) is 36.4 Å². The Morgan fingerprint density at radius 1 is 0.722 bits per heavy atom. The van der Waals surface area contributed by atoms with Gasteiger partial charge < -0.3 is 18.9 Å². The zero-order valence-electron chi connectivity index (χ0n) is 23.1. The van der Waals surface area contributed by atoms with Crippen molar-refractivity contribution in [3.63, 3.8) is 0 Å². The highest BCUT2D eigenvalue weighted by Crippen LogP contribution is 2.42. The van der Waals surface area contributed by atoms with E-state index < -0.39 is 29.9 Å². The number of unbranched alkanes of at least 4 members (excludes halogenated alkanes) is 10. The van der Waals surface area contributed by atoms with Gasteiger partial charge in [-0.15, -0.1) is 0 Å². The fourth-order valence-electron chi connectivity index (χ4n) is 4.62. The number of esters is 2. The van der Waals surface area contributed by atoms with Crippen LogP contribution in [0.3, 0.4) is 0 Å². The van der Waals surface area contributed by atoms with Crippen molar-refractivity contribution in [2.75, 3.05) is 0 Å². The molecule has 1 aliphatic rings. The summed E-state index contributed by atoms with van der Waals surface area (Å²) in [5, 5.41) is 0. The molecule has 1 aliphatic heterocycles. The largest absolute Gasteiger partial charge is 0.461 e. The molecule has 1 saturated heterocycles. The highest BCUT2D eigenvalue weighted by molar-refractivity contribution is 5.86. The molecule has 1 heterocycles. The van der Waals surface area contributed by atoms with Crippen LogP contribution in [0.2, 0.25) is 0 Å². The molecule has 1 aromatic carbocycles. The van der Waals surface area contributed by atoms with E-state index in [9.17, 15) is 9.59 Å². The molecule has 6 nitrogen and oxygen atoms in total. The van der Waals surface area contributed by atoms with Crippen molar-refractivity contribution in [2.45, 2.75) is 142 Å². The minimum absolute atomic E-state index is 0.332. The lowest BCUT2D eigenvalue weighted by molar-refractivity contribution is -0.202. The molecule has 2 rings (SSSR count). The van der Waals surface area contributed by atoms with Gasteiger partial charge in [0.2, 0.25) is 0 Å². The number of hydrogen-bond acceptors (Lipinski definition) is 6. The first-order chi connectivity index (χ1) is 17.3. The van der Waals surface area contributed by atoms with Gasteiger partial charge >= 0.3 is 11.9 Å². The second-order valence-corrected chi connectivity index (χ2v) is 10.5. The predicted octanol–water partition coefficient (Wildman–Crippen LogP) is 7.23. The number of benzene rings is 1. The van der Waals surface area contributed by atoms with Crippen LogP contribution < -0.4 is 0 Å². The number of carbonyl (C=O) groups excluding carboxylic acids is 2. The van der Waals surface area contributed by atoms with E-state index in [0.29, 0.717) is 6.42 Å². The van der Waals surface area contributed by atoms with Crippen LogP contribution in [0.1, 0.15) is 117 Å². The maximum absolute atomic E-state index is 12.9. The first-order valence-electron chi connectivity index (χ1n) is 14.1. The topological polar surface area (TPSA) is 71.1 Å². The third kappa shape index (κ3) is 9.85. The molecule has 204 valence electrons. The molecular weight excluding hydrogens is 456 g/mol. The summed E-state index contributed by atoms with van der Waals surface area (Å²) >= 11 is 0. The standard InChI is InChI=1S/C30H48O6/c1-6-7-8-9-10-11-12-13-14-15-19-22-30(25-20-17-16-18-21-25)35-26(28(31)33-23(2)3)27(36-30)29(32)34-24(4)5/h16-18,20-21,23-24,26-27H,6-15,19,22H2,1-5H3. The van der Waals surface area contributed by atoms with Gasteiger partial charge in [-0.3, -0.25) is 0 Å². The van der Waals surface area contributed by atoms with Gasteiger partial charge in [0.1, 0.15) is 0 Å². The summed E-state index contributed by atoms with van der Waals surface area (Å²) in [5.74, 6) is -2.40. The Kier molecular flexibility index (Phi) is 13.5. The van der Waals surface area contributed by atoms with Crippen molar-refractivity contribution >= 4 is 11.9 Å². The number of carbonyl (C=O) groups is 2. The van der Waals surface area contributed by atoms with Crippen molar-refractivity contribution in [3.8, 4) is 0 Å². The van der Waals surface area contributed by atoms with E-state index in [2.05, 4.69) is 6.92 Å². The van der Waals surface area contributed by atoms with Gasteiger partial charge in [-0.05, 0) is 34.1 Å². The van der Waals surface area contributed by atoms with Crippen LogP contribution >= 0.6 is 0 Å². The number of hydrogen-bond donors (Lipinski definition) is 0. The van der Waals surface area contributed by atoms with Crippen LogP contribution in [0.4, 0.5) is 0 Å². The third-order valence-corrected chi connectivity index (χ3v) is 6.40. The van der Waals surface area contributed by atoms with E-state index >= 15 is 0 Å². The van der Waals surface area contributed by atoms with Crippen molar-refractivity contribution in [3.05, 3.63) is 35.9 Å². The summed E-state index contributed by atoms with van der Waals surface area (Å²) in [6, 6.07) is 9.57. The van der Waals surface area contributed by atoms with E-state index in [1.807, 2.05) is 30.3 Å². The van der Waals surface area contributed by atoms with E-state index in [4.69, 9.17) is 18.9 Å². The van der Waals surface area contributed by atoms with Gasteiger partial charge in [-0.1, -0.05) is 101 Å². The van der Waals surface area contributed by atoms with E-state index in [0.717, 1.165) is 24.8 Å². The maximum atomic E-state index is 12.9. The van der Waals surface area contributed by atoms with E-state index in [-0.39, 0.29) is 12.2 Å². The zero-order chi connectivity index (χ0) is 26.4. The minimum Gasteiger partial charge on any atom is -0.461 e. The summed E-state index contributed by atoms with van der Waals surface area (Å²) in [7, 11) is 0. The Labute approximate surface area is 218 Å². The fourth-order valence-corrected chi connectivity index (χ4v) is 4.62. The van der Waals surface area contributed by atoms with E-state index in [1.54, 1.807) is 27.7 Å². The monoisotopic (exact) mass is 504 g/mol. The third-order valence-electron chi connectivity index (χ3n) is 6.40. The molecule has 1 aromatic rings. The SMILES string of the molecule is CCCCCCCCCCCCCC1(c2ccccc2)OC(C(=O)OC(C)C)C(C(=O)OC(C)C)O1. The van der Waals surface area contributed by atoms with Crippen LogP contribution in [0.15, 0.2) is 30.3 Å². The number of rotatable bonds is 17. The van der Waals surface area contributed by atoms with Crippen LogP contribution in [0, 0.1) is 0 Å². The normalized spacial score (nSPS) is 21.8. The summed E-state index contributed by atoms with van der Waals surface area (Å²) in [4.78, 5) is 25.8. The zero-order valence-corrected chi connectivity index (χ0v) is 23.1. The summed E-state index contributed by atoms with van der Waals surface area (Å²) in [5.41, 5.74) is 0.791. The molecule has 0 aromatic heterocycles. The molecule has 6 heteroatoms. The van der Waals surface area contributed by atoms with Gasteiger partial charge in [0.15, 0.2) is 18.0 Å². The van der Waals surface area contributed by atoms with E-state index in [1.165, 1.54) is 51.4 Å². The van der Waals surface area contributed by atoms with Gasteiger partial charge in [-0.2, -0.15) is 0 Å². The Morgan fingerprint density at radius 3 is 1.56 bits per heavy atom. The molecule has 1 fully saturated rings. The molecular formula is C30H48O6. The molecule has 0 spiro atoms. The molecule has 0 N–H and O–H groups in total. The molecule has 0 radical (unpaired) electrons. The lowest BCUT2D eigenvalue weighted by Gasteiger charge is -2.28. The summed E-state index contributed by atoms with van der Waals surface area (Å²) in [6.07, 6.45) is 11.1.